The molecular weight excluding hydrogens is 200 g/mol. The van der Waals surface area contributed by atoms with Crippen LogP contribution in [-0.2, 0) is 4.79 Å². The van der Waals surface area contributed by atoms with Gasteiger partial charge in [0.15, 0.2) is 11.5 Å². The third-order valence-corrected chi connectivity index (χ3v) is 1.77. The zero-order valence-electron chi connectivity index (χ0n) is 7.97. The van der Waals surface area contributed by atoms with Gasteiger partial charge in [-0.3, -0.25) is 0 Å². The van der Waals surface area contributed by atoms with Crippen LogP contribution in [0.5, 0.6) is 17.2 Å². The van der Waals surface area contributed by atoms with E-state index in [9.17, 15) is 15.0 Å². The molecule has 0 aliphatic heterocycles. The molecule has 0 saturated heterocycles. The molecule has 0 unspecified atom stereocenters. The van der Waals surface area contributed by atoms with Gasteiger partial charge < -0.3 is 20.1 Å². The standard InChI is InChI=1S/C10H10O5/c1-15-7-4-2-6(3-5-8(11)12)9(13)10(7)14/h2-5,13-14H,1H3,(H,11,12)/b5-3+. The highest BCUT2D eigenvalue weighted by molar-refractivity contribution is 5.86. The number of carbonyl (C=O) groups is 1. The van der Waals surface area contributed by atoms with Gasteiger partial charge in [-0.05, 0) is 18.2 Å². The van der Waals surface area contributed by atoms with Crippen LogP contribution in [0.3, 0.4) is 0 Å². The normalized spacial score (nSPS) is 10.5. The minimum Gasteiger partial charge on any atom is -0.504 e. The second-order valence-corrected chi connectivity index (χ2v) is 2.73. The van der Waals surface area contributed by atoms with Crippen molar-refractivity contribution in [2.75, 3.05) is 7.11 Å². The Bertz CT molecular complexity index is 409. The van der Waals surface area contributed by atoms with Crippen LogP contribution in [0.25, 0.3) is 6.08 Å². The first-order valence-corrected chi connectivity index (χ1v) is 4.06. The molecule has 0 spiro atoms. The van der Waals surface area contributed by atoms with Crippen molar-refractivity contribution in [3.8, 4) is 17.2 Å². The van der Waals surface area contributed by atoms with Gasteiger partial charge in [0.1, 0.15) is 0 Å². The molecule has 80 valence electrons. The van der Waals surface area contributed by atoms with Gasteiger partial charge in [0, 0.05) is 11.6 Å². The minimum atomic E-state index is -1.13. The predicted octanol–water partition coefficient (Wildman–Crippen LogP) is 1.20. The van der Waals surface area contributed by atoms with Crippen LogP contribution >= 0.6 is 0 Å². The first kappa shape index (κ1) is 10.9. The first-order chi connectivity index (χ1) is 7.06. The molecule has 0 radical (unpaired) electrons. The number of carboxylic acid groups (broad SMARTS) is 1. The fourth-order valence-electron chi connectivity index (χ4n) is 1.04. The van der Waals surface area contributed by atoms with Crippen molar-refractivity contribution in [1.29, 1.82) is 0 Å². The lowest BCUT2D eigenvalue weighted by Crippen LogP contribution is -1.88. The number of rotatable bonds is 3. The summed E-state index contributed by atoms with van der Waals surface area (Å²) in [6, 6.07) is 2.86. The molecule has 0 aromatic heterocycles. The van der Waals surface area contributed by atoms with Gasteiger partial charge in [0.05, 0.1) is 7.11 Å². The Morgan fingerprint density at radius 1 is 1.33 bits per heavy atom. The van der Waals surface area contributed by atoms with E-state index in [-0.39, 0.29) is 11.3 Å². The fourth-order valence-corrected chi connectivity index (χ4v) is 1.04. The van der Waals surface area contributed by atoms with E-state index < -0.39 is 17.5 Å². The van der Waals surface area contributed by atoms with Crippen molar-refractivity contribution < 1.29 is 24.9 Å². The number of phenols is 2. The Labute approximate surface area is 85.9 Å². The maximum atomic E-state index is 10.2. The van der Waals surface area contributed by atoms with Gasteiger partial charge in [-0.1, -0.05) is 0 Å². The van der Waals surface area contributed by atoms with Crippen LogP contribution in [0.1, 0.15) is 5.56 Å². The molecule has 0 saturated carbocycles. The summed E-state index contributed by atoms with van der Waals surface area (Å²) in [6.45, 7) is 0. The zero-order valence-corrected chi connectivity index (χ0v) is 7.97. The Balaban J connectivity index is 3.12. The molecular formula is C10H10O5. The van der Waals surface area contributed by atoms with Crippen molar-refractivity contribution in [3.05, 3.63) is 23.8 Å². The lowest BCUT2D eigenvalue weighted by atomic mass is 10.1. The zero-order chi connectivity index (χ0) is 11.4. The fraction of sp³-hybridized carbons (Fsp3) is 0.100. The second kappa shape index (κ2) is 4.36. The molecule has 5 nitrogen and oxygen atoms in total. The number of phenolic OH excluding ortho intramolecular Hbond substituents is 2. The van der Waals surface area contributed by atoms with Crippen LogP contribution < -0.4 is 4.74 Å². The molecule has 0 aliphatic rings. The van der Waals surface area contributed by atoms with Crippen molar-refractivity contribution in [2.24, 2.45) is 0 Å². The van der Waals surface area contributed by atoms with Crippen LogP contribution in [0.2, 0.25) is 0 Å². The summed E-state index contributed by atoms with van der Waals surface area (Å²) in [5.74, 6) is -1.83. The Kier molecular flexibility index (Phi) is 3.17. The van der Waals surface area contributed by atoms with E-state index in [0.717, 1.165) is 6.08 Å². The first-order valence-electron chi connectivity index (χ1n) is 4.06. The number of hydrogen-bond acceptors (Lipinski definition) is 4. The maximum Gasteiger partial charge on any atom is 0.328 e. The molecule has 1 aromatic carbocycles. The number of aromatic hydroxyl groups is 2. The van der Waals surface area contributed by atoms with Crippen molar-refractivity contribution >= 4 is 12.0 Å². The molecule has 0 fully saturated rings. The molecule has 3 N–H and O–H groups in total. The molecule has 0 heterocycles. The Hall–Kier alpha value is -2.17. The van der Waals surface area contributed by atoms with Crippen molar-refractivity contribution in [2.45, 2.75) is 0 Å². The molecule has 15 heavy (non-hydrogen) atoms. The van der Waals surface area contributed by atoms with Gasteiger partial charge in [-0.25, -0.2) is 4.79 Å². The molecule has 1 aromatic rings. The van der Waals surface area contributed by atoms with Crippen LogP contribution in [-0.4, -0.2) is 28.4 Å². The number of methoxy groups -OCH3 is 1. The maximum absolute atomic E-state index is 10.2. The molecule has 5 heteroatoms. The van der Waals surface area contributed by atoms with Crippen LogP contribution in [0.15, 0.2) is 18.2 Å². The van der Waals surface area contributed by atoms with Gasteiger partial charge >= 0.3 is 5.97 Å². The van der Waals surface area contributed by atoms with E-state index in [0.29, 0.717) is 0 Å². The van der Waals surface area contributed by atoms with Gasteiger partial charge in [-0.2, -0.15) is 0 Å². The minimum absolute atomic E-state index is 0.125. The number of hydrogen-bond donors (Lipinski definition) is 3. The van der Waals surface area contributed by atoms with E-state index in [4.69, 9.17) is 9.84 Å². The molecule has 0 aliphatic carbocycles. The summed E-state index contributed by atoms with van der Waals surface area (Å²) in [7, 11) is 1.35. The summed E-state index contributed by atoms with van der Waals surface area (Å²) < 4.78 is 4.76. The predicted molar refractivity (Wildman–Crippen MR) is 53.0 cm³/mol. The summed E-state index contributed by atoms with van der Waals surface area (Å²) >= 11 is 0. The molecule has 1 rings (SSSR count). The largest absolute Gasteiger partial charge is 0.504 e. The molecule has 0 bridgehead atoms. The van der Waals surface area contributed by atoms with Crippen LogP contribution in [0, 0.1) is 0 Å². The second-order valence-electron chi connectivity index (χ2n) is 2.73. The smallest absolute Gasteiger partial charge is 0.328 e. The van der Waals surface area contributed by atoms with E-state index in [2.05, 4.69) is 0 Å². The summed E-state index contributed by atoms with van der Waals surface area (Å²) in [5, 5.41) is 27.2. The highest BCUT2D eigenvalue weighted by Crippen LogP contribution is 2.38. The van der Waals surface area contributed by atoms with Crippen molar-refractivity contribution in [3.63, 3.8) is 0 Å². The van der Waals surface area contributed by atoms with E-state index in [1.807, 2.05) is 0 Å². The number of benzene rings is 1. The summed E-state index contributed by atoms with van der Waals surface area (Å²) in [5.41, 5.74) is 0.204. The lowest BCUT2D eigenvalue weighted by Gasteiger charge is -2.06. The topological polar surface area (TPSA) is 87.0 Å². The average Bonchev–Trinajstić information content (AvgIpc) is 2.20. The van der Waals surface area contributed by atoms with Gasteiger partial charge in [0.2, 0.25) is 5.75 Å². The molecule has 0 atom stereocenters. The van der Waals surface area contributed by atoms with Crippen LogP contribution in [0.4, 0.5) is 0 Å². The molecule has 0 amide bonds. The van der Waals surface area contributed by atoms with E-state index in [1.54, 1.807) is 0 Å². The quantitative estimate of drug-likeness (QED) is 0.515. The third kappa shape index (κ3) is 2.40. The Morgan fingerprint density at radius 2 is 2.00 bits per heavy atom. The highest BCUT2D eigenvalue weighted by Gasteiger charge is 2.10. The Morgan fingerprint density at radius 3 is 2.53 bits per heavy atom. The van der Waals surface area contributed by atoms with Gasteiger partial charge in [0.25, 0.3) is 0 Å². The number of carboxylic acids is 1. The summed E-state index contributed by atoms with van der Waals surface area (Å²) in [4.78, 5) is 10.2. The van der Waals surface area contributed by atoms with Gasteiger partial charge in [-0.15, -0.1) is 0 Å². The monoisotopic (exact) mass is 210 g/mol. The van der Waals surface area contributed by atoms with Crippen molar-refractivity contribution in [1.82, 2.24) is 0 Å². The van der Waals surface area contributed by atoms with E-state index in [1.165, 1.54) is 25.3 Å². The van der Waals surface area contributed by atoms with E-state index >= 15 is 0 Å². The lowest BCUT2D eigenvalue weighted by molar-refractivity contribution is -0.131. The number of aliphatic carboxylic acids is 1. The average molecular weight is 210 g/mol. The SMILES string of the molecule is COc1ccc(/C=C/C(=O)O)c(O)c1O. The number of ether oxygens (including phenoxy) is 1. The summed E-state index contributed by atoms with van der Waals surface area (Å²) in [6.07, 6.45) is 2.04. The third-order valence-electron chi connectivity index (χ3n) is 1.77. The highest BCUT2D eigenvalue weighted by atomic mass is 16.5.